The largest absolute Gasteiger partial charge is 0.496 e. The van der Waals surface area contributed by atoms with Crippen molar-refractivity contribution in [3.05, 3.63) is 30.5 Å². The molecule has 1 aromatic heterocycles. The van der Waals surface area contributed by atoms with Crippen molar-refractivity contribution in [3.63, 3.8) is 0 Å². The lowest BCUT2D eigenvalue weighted by Crippen LogP contribution is -2.21. The lowest BCUT2D eigenvalue weighted by atomic mass is 10.1. The summed E-state index contributed by atoms with van der Waals surface area (Å²) in [5.74, 6) is 1.79. The Bertz CT molecular complexity index is 513. The molecular weight excluding hydrogens is 226 g/mol. The quantitative estimate of drug-likeness (QED) is 0.766. The van der Waals surface area contributed by atoms with Crippen molar-refractivity contribution in [1.29, 1.82) is 0 Å². The first-order valence-electron chi connectivity index (χ1n) is 6.23. The van der Waals surface area contributed by atoms with Crippen LogP contribution < -0.4 is 15.4 Å². The smallest absolute Gasteiger partial charge is 0.133 e. The number of ether oxygens (including phenoxy) is 1. The SMILES string of the molecule is CCNCCNc1nccc2c(OC)cccc12. The summed E-state index contributed by atoms with van der Waals surface area (Å²) in [5, 5.41) is 8.79. The minimum absolute atomic E-state index is 0.858. The predicted octanol–water partition coefficient (Wildman–Crippen LogP) is 2.26. The number of aromatic nitrogens is 1. The van der Waals surface area contributed by atoms with Crippen LogP contribution in [0.2, 0.25) is 0 Å². The first-order chi connectivity index (χ1) is 8.86. The van der Waals surface area contributed by atoms with E-state index in [4.69, 9.17) is 4.74 Å². The normalized spacial score (nSPS) is 10.6. The first-order valence-corrected chi connectivity index (χ1v) is 6.23. The van der Waals surface area contributed by atoms with Gasteiger partial charge in [-0.25, -0.2) is 4.98 Å². The number of rotatable bonds is 6. The van der Waals surface area contributed by atoms with Crippen molar-refractivity contribution in [3.8, 4) is 5.75 Å². The molecule has 4 nitrogen and oxygen atoms in total. The summed E-state index contributed by atoms with van der Waals surface area (Å²) in [4.78, 5) is 4.39. The van der Waals surface area contributed by atoms with Crippen LogP contribution in [0.5, 0.6) is 5.75 Å². The Morgan fingerprint density at radius 3 is 2.83 bits per heavy atom. The molecule has 0 bridgehead atoms. The number of fused-ring (bicyclic) bond motifs is 1. The van der Waals surface area contributed by atoms with Crippen LogP contribution in [0.25, 0.3) is 10.8 Å². The molecule has 0 spiro atoms. The molecule has 0 fully saturated rings. The third kappa shape index (κ3) is 2.71. The first kappa shape index (κ1) is 12.6. The van der Waals surface area contributed by atoms with Crippen LogP contribution in [0.1, 0.15) is 6.92 Å². The number of pyridine rings is 1. The number of anilines is 1. The number of hydrogen-bond acceptors (Lipinski definition) is 4. The van der Waals surface area contributed by atoms with Gasteiger partial charge in [-0.05, 0) is 18.7 Å². The fraction of sp³-hybridized carbons (Fsp3) is 0.357. The second-order valence-corrected chi connectivity index (χ2v) is 4.00. The molecule has 0 amide bonds. The van der Waals surface area contributed by atoms with E-state index in [1.165, 1.54) is 0 Å². The number of methoxy groups -OCH3 is 1. The highest BCUT2D eigenvalue weighted by molar-refractivity contribution is 5.95. The third-order valence-electron chi connectivity index (χ3n) is 2.83. The van der Waals surface area contributed by atoms with Gasteiger partial charge in [-0.15, -0.1) is 0 Å². The Labute approximate surface area is 107 Å². The van der Waals surface area contributed by atoms with Crippen LogP contribution in [0.15, 0.2) is 30.5 Å². The van der Waals surface area contributed by atoms with Crippen LogP contribution in [-0.2, 0) is 0 Å². The summed E-state index contributed by atoms with van der Waals surface area (Å²) in [6.45, 7) is 4.87. The van der Waals surface area contributed by atoms with Crippen LogP contribution >= 0.6 is 0 Å². The van der Waals surface area contributed by atoms with Gasteiger partial charge in [-0.1, -0.05) is 19.1 Å². The topological polar surface area (TPSA) is 46.2 Å². The highest BCUT2D eigenvalue weighted by Gasteiger charge is 2.05. The molecule has 0 unspecified atom stereocenters. The van der Waals surface area contributed by atoms with Gasteiger partial charge >= 0.3 is 0 Å². The number of likely N-dealkylation sites (N-methyl/N-ethyl adjacent to an activating group) is 1. The van der Waals surface area contributed by atoms with Crippen molar-refractivity contribution in [2.45, 2.75) is 6.92 Å². The van der Waals surface area contributed by atoms with Gasteiger partial charge in [0.25, 0.3) is 0 Å². The average Bonchev–Trinajstić information content (AvgIpc) is 2.43. The fourth-order valence-corrected chi connectivity index (χ4v) is 1.94. The van der Waals surface area contributed by atoms with E-state index in [9.17, 15) is 0 Å². The molecule has 1 heterocycles. The lowest BCUT2D eigenvalue weighted by Gasteiger charge is -2.10. The lowest BCUT2D eigenvalue weighted by molar-refractivity contribution is 0.420. The summed E-state index contributed by atoms with van der Waals surface area (Å²) < 4.78 is 5.36. The summed E-state index contributed by atoms with van der Waals surface area (Å²) >= 11 is 0. The average molecular weight is 245 g/mol. The maximum atomic E-state index is 5.36. The van der Waals surface area contributed by atoms with E-state index in [0.717, 1.165) is 42.0 Å². The molecule has 18 heavy (non-hydrogen) atoms. The number of benzene rings is 1. The van der Waals surface area contributed by atoms with Gasteiger partial charge in [-0.3, -0.25) is 0 Å². The highest BCUT2D eigenvalue weighted by Crippen LogP contribution is 2.28. The number of hydrogen-bond donors (Lipinski definition) is 2. The maximum absolute atomic E-state index is 5.36. The van der Waals surface area contributed by atoms with E-state index in [-0.39, 0.29) is 0 Å². The molecule has 0 aliphatic heterocycles. The minimum atomic E-state index is 0.858. The molecule has 1 aromatic carbocycles. The zero-order chi connectivity index (χ0) is 12.8. The van der Waals surface area contributed by atoms with Gasteiger partial charge in [-0.2, -0.15) is 0 Å². The number of nitrogens with zero attached hydrogens (tertiary/aromatic N) is 1. The molecular formula is C14H19N3O. The molecule has 0 aliphatic rings. The summed E-state index contributed by atoms with van der Waals surface area (Å²) in [6.07, 6.45) is 1.81. The molecule has 4 heteroatoms. The molecule has 0 aliphatic carbocycles. The molecule has 0 atom stereocenters. The van der Waals surface area contributed by atoms with Crippen molar-refractivity contribution >= 4 is 16.6 Å². The minimum Gasteiger partial charge on any atom is -0.496 e. The molecule has 0 radical (unpaired) electrons. The van der Waals surface area contributed by atoms with Gasteiger partial charge in [0, 0.05) is 30.1 Å². The standard InChI is InChI=1S/C14H19N3O/c1-3-15-9-10-17-14-12-5-4-6-13(18-2)11(12)7-8-16-14/h4-8,15H,3,9-10H2,1-2H3,(H,16,17). The van der Waals surface area contributed by atoms with Crippen molar-refractivity contribution < 1.29 is 4.74 Å². The molecule has 2 N–H and O–H groups in total. The zero-order valence-corrected chi connectivity index (χ0v) is 10.9. The van der Waals surface area contributed by atoms with E-state index in [2.05, 4.69) is 28.6 Å². The molecule has 0 saturated carbocycles. The Balaban J connectivity index is 2.23. The van der Waals surface area contributed by atoms with E-state index in [1.807, 2.05) is 18.2 Å². The Morgan fingerprint density at radius 2 is 2.06 bits per heavy atom. The second kappa shape index (κ2) is 6.21. The maximum Gasteiger partial charge on any atom is 0.133 e. The molecule has 2 aromatic rings. The predicted molar refractivity (Wildman–Crippen MR) is 75.3 cm³/mol. The van der Waals surface area contributed by atoms with Crippen LogP contribution in [-0.4, -0.2) is 31.7 Å². The van der Waals surface area contributed by atoms with Gasteiger partial charge in [0.2, 0.25) is 0 Å². The highest BCUT2D eigenvalue weighted by atomic mass is 16.5. The van der Waals surface area contributed by atoms with Gasteiger partial charge in [0.05, 0.1) is 7.11 Å². The van der Waals surface area contributed by atoms with Crippen LogP contribution in [0, 0.1) is 0 Å². The Hall–Kier alpha value is -1.81. The van der Waals surface area contributed by atoms with E-state index < -0.39 is 0 Å². The Kier molecular flexibility index (Phi) is 4.36. The summed E-state index contributed by atoms with van der Waals surface area (Å²) in [5.41, 5.74) is 0. The molecule has 2 rings (SSSR count). The number of nitrogens with one attached hydrogen (secondary N) is 2. The van der Waals surface area contributed by atoms with Crippen LogP contribution in [0.3, 0.4) is 0 Å². The monoisotopic (exact) mass is 245 g/mol. The summed E-state index contributed by atoms with van der Waals surface area (Å²) in [7, 11) is 1.69. The van der Waals surface area contributed by atoms with Crippen molar-refractivity contribution in [1.82, 2.24) is 10.3 Å². The van der Waals surface area contributed by atoms with Gasteiger partial charge in [0.15, 0.2) is 0 Å². The van der Waals surface area contributed by atoms with Gasteiger partial charge in [0.1, 0.15) is 11.6 Å². The molecule has 96 valence electrons. The van der Waals surface area contributed by atoms with E-state index >= 15 is 0 Å². The second-order valence-electron chi connectivity index (χ2n) is 4.00. The molecule has 0 saturated heterocycles. The van der Waals surface area contributed by atoms with E-state index in [1.54, 1.807) is 13.3 Å². The zero-order valence-electron chi connectivity index (χ0n) is 10.9. The van der Waals surface area contributed by atoms with E-state index in [0.29, 0.717) is 0 Å². The Morgan fingerprint density at radius 1 is 1.17 bits per heavy atom. The summed E-state index contributed by atoms with van der Waals surface area (Å²) in [6, 6.07) is 7.98. The van der Waals surface area contributed by atoms with Crippen molar-refractivity contribution in [2.75, 3.05) is 32.1 Å². The third-order valence-corrected chi connectivity index (χ3v) is 2.83. The van der Waals surface area contributed by atoms with Gasteiger partial charge < -0.3 is 15.4 Å². The van der Waals surface area contributed by atoms with Crippen LogP contribution in [0.4, 0.5) is 5.82 Å². The fourth-order valence-electron chi connectivity index (χ4n) is 1.94. The van der Waals surface area contributed by atoms with Crippen molar-refractivity contribution in [2.24, 2.45) is 0 Å².